The molecule has 7 nitrogen and oxygen atoms in total. The first-order chi connectivity index (χ1) is 15.5. The van der Waals surface area contributed by atoms with Crippen molar-refractivity contribution in [1.29, 1.82) is 0 Å². The molecule has 2 aromatic carbocycles. The van der Waals surface area contributed by atoms with Gasteiger partial charge in [0.25, 0.3) is 0 Å². The summed E-state index contributed by atoms with van der Waals surface area (Å²) < 4.78 is 5.11. The molecule has 3 aliphatic rings. The number of methoxy groups -OCH3 is 1. The fraction of sp³-hybridized carbons (Fsp3) is 0.400. The van der Waals surface area contributed by atoms with Crippen molar-refractivity contribution in [3.63, 3.8) is 0 Å². The van der Waals surface area contributed by atoms with Gasteiger partial charge < -0.3 is 10.1 Å². The minimum absolute atomic E-state index is 0.199. The maximum absolute atomic E-state index is 13.6. The average molecular weight is 434 g/mol. The van der Waals surface area contributed by atoms with Crippen LogP contribution in [-0.2, 0) is 31.1 Å². The third-order valence-corrected chi connectivity index (χ3v) is 7.08. The highest BCUT2D eigenvalue weighted by Crippen LogP contribution is 2.53. The van der Waals surface area contributed by atoms with Crippen molar-refractivity contribution in [2.75, 3.05) is 25.6 Å². The van der Waals surface area contributed by atoms with E-state index in [-0.39, 0.29) is 23.8 Å². The number of nitrogens with zero attached hydrogens (tertiary/aromatic N) is 1. The number of para-hydroxylation sites is 1. The highest BCUT2D eigenvalue weighted by Gasteiger charge is 2.70. The van der Waals surface area contributed by atoms with Gasteiger partial charge in [-0.05, 0) is 30.9 Å². The van der Waals surface area contributed by atoms with E-state index in [9.17, 15) is 14.4 Å². The van der Waals surface area contributed by atoms with Crippen LogP contribution < -0.4 is 10.6 Å². The zero-order valence-electron chi connectivity index (χ0n) is 18.3. The average Bonchev–Trinajstić information content (AvgIpc) is 3.36. The molecule has 2 saturated heterocycles. The Morgan fingerprint density at radius 2 is 1.81 bits per heavy atom. The summed E-state index contributed by atoms with van der Waals surface area (Å²) in [4.78, 5) is 42.0. The molecule has 4 unspecified atom stereocenters. The van der Waals surface area contributed by atoms with E-state index in [1.165, 1.54) is 4.90 Å². The van der Waals surface area contributed by atoms with Crippen molar-refractivity contribution >= 4 is 23.4 Å². The number of fused-ring (bicyclic) bond motifs is 4. The van der Waals surface area contributed by atoms with Crippen molar-refractivity contribution in [2.24, 2.45) is 11.8 Å². The van der Waals surface area contributed by atoms with Crippen molar-refractivity contribution in [1.82, 2.24) is 10.2 Å². The number of carbonyl (C=O) groups excluding carboxylic acids is 3. The number of carbonyl (C=O) groups is 3. The predicted octanol–water partition coefficient (Wildman–Crippen LogP) is 1.99. The fourth-order valence-electron chi connectivity index (χ4n) is 5.67. The van der Waals surface area contributed by atoms with E-state index in [1.807, 2.05) is 55.5 Å². The van der Waals surface area contributed by atoms with E-state index in [0.717, 1.165) is 22.4 Å². The Kier molecular flexibility index (Phi) is 5.10. The Bertz CT molecular complexity index is 1090. The van der Waals surface area contributed by atoms with E-state index >= 15 is 0 Å². The molecule has 3 heterocycles. The van der Waals surface area contributed by atoms with Gasteiger partial charge >= 0.3 is 0 Å². The molecule has 4 atom stereocenters. The number of anilines is 1. The molecule has 7 heteroatoms. The highest BCUT2D eigenvalue weighted by molar-refractivity contribution is 6.15. The van der Waals surface area contributed by atoms with Crippen LogP contribution in [0.3, 0.4) is 0 Å². The lowest BCUT2D eigenvalue weighted by molar-refractivity contribution is -0.143. The third-order valence-electron chi connectivity index (χ3n) is 7.08. The first-order valence-corrected chi connectivity index (χ1v) is 11.1. The van der Waals surface area contributed by atoms with Crippen molar-refractivity contribution in [2.45, 2.75) is 31.3 Å². The van der Waals surface area contributed by atoms with Crippen LogP contribution in [-0.4, -0.2) is 48.9 Å². The number of hydrogen-bond donors (Lipinski definition) is 2. The largest absolute Gasteiger partial charge is 0.385 e. The maximum Gasteiger partial charge on any atom is 0.250 e. The SMILES string of the molecule is COCCCN1C(=O)C2C(Cc3ccccc3)NC3(C(=O)Nc4c(C)cccc43)C2C1=O. The molecular formula is C25H27N3O4. The molecule has 0 aromatic heterocycles. The van der Waals surface area contributed by atoms with Crippen LogP contribution in [0.1, 0.15) is 23.1 Å². The zero-order chi connectivity index (χ0) is 22.5. The number of benzene rings is 2. The summed E-state index contributed by atoms with van der Waals surface area (Å²) in [6.45, 7) is 2.70. The lowest BCUT2D eigenvalue weighted by atomic mass is 9.76. The summed E-state index contributed by atoms with van der Waals surface area (Å²) in [6.07, 6.45) is 1.13. The second kappa shape index (κ2) is 7.83. The number of nitrogens with one attached hydrogen (secondary N) is 2. The van der Waals surface area contributed by atoms with Crippen LogP contribution in [0.2, 0.25) is 0 Å². The van der Waals surface area contributed by atoms with Gasteiger partial charge in [0.05, 0.1) is 11.8 Å². The van der Waals surface area contributed by atoms with Gasteiger partial charge in [-0.2, -0.15) is 0 Å². The van der Waals surface area contributed by atoms with Gasteiger partial charge in [-0.25, -0.2) is 0 Å². The fourth-order valence-corrected chi connectivity index (χ4v) is 5.67. The lowest BCUT2D eigenvalue weighted by Gasteiger charge is -2.29. The van der Waals surface area contributed by atoms with Gasteiger partial charge in [-0.1, -0.05) is 48.5 Å². The number of aryl methyl sites for hydroxylation is 1. The molecule has 32 heavy (non-hydrogen) atoms. The van der Waals surface area contributed by atoms with Gasteiger partial charge in [0.2, 0.25) is 17.7 Å². The van der Waals surface area contributed by atoms with Crippen molar-refractivity contribution in [3.05, 3.63) is 65.2 Å². The van der Waals surface area contributed by atoms with E-state index in [4.69, 9.17) is 4.74 Å². The first-order valence-electron chi connectivity index (χ1n) is 11.1. The number of hydrogen-bond acceptors (Lipinski definition) is 5. The molecule has 166 valence electrons. The Labute approximate surface area is 187 Å². The standard InChI is InChI=1S/C25H27N3O4/c1-15-8-6-11-17-21(15)26-24(31)25(17)20-19(18(27-25)14-16-9-4-3-5-10-16)22(29)28(23(20)30)12-7-13-32-2/h3-6,8-11,18-20,27H,7,12-14H2,1-2H3,(H,26,31). The quantitative estimate of drug-likeness (QED) is 0.538. The number of imide groups is 1. The Morgan fingerprint density at radius 1 is 1.03 bits per heavy atom. The Balaban J connectivity index is 1.59. The summed E-state index contributed by atoms with van der Waals surface area (Å²) in [5.41, 5.74) is 2.25. The Morgan fingerprint density at radius 3 is 2.56 bits per heavy atom. The summed E-state index contributed by atoms with van der Waals surface area (Å²) in [5.74, 6) is -2.09. The van der Waals surface area contributed by atoms with E-state index < -0.39 is 17.4 Å². The molecule has 2 aromatic rings. The summed E-state index contributed by atoms with van der Waals surface area (Å²) in [6, 6.07) is 15.3. The monoisotopic (exact) mass is 433 g/mol. The van der Waals surface area contributed by atoms with Crippen LogP contribution in [0.25, 0.3) is 0 Å². The second-order valence-corrected chi connectivity index (χ2v) is 8.88. The topological polar surface area (TPSA) is 87.7 Å². The first kappa shape index (κ1) is 20.8. The van der Waals surface area contributed by atoms with Gasteiger partial charge in [0, 0.05) is 37.6 Å². The lowest BCUT2D eigenvalue weighted by Crippen LogP contribution is -2.53. The zero-order valence-corrected chi connectivity index (χ0v) is 18.3. The summed E-state index contributed by atoms with van der Waals surface area (Å²) in [5, 5.41) is 6.49. The molecule has 2 N–H and O–H groups in total. The van der Waals surface area contributed by atoms with E-state index in [1.54, 1.807) is 7.11 Å². The molecule has 1 spiro atoms. The smallest absolute Gasteiger partial charge is 0.250 e. The number of rotatable bonds is 6. The van der Waals surface area contributed by atoms with Crippen LogP contribution in [0.15, 0.2) is 48.5 Å². The van der Waals surface area contributed by atoms with E-state index in [0.29, 0.717) is 26.0 Å². The van der Waals surface area contributed by atoms with Gasteiger partial charge in [0.15, 0.2) is 0 Å². The molecular weight excluding hydrogens is 406 g/mol. The Hall–Kier alpha value is -3.03. The third kappa shape index (κ3) is 2.92. The number of ether oxygens (including phenoxy) is 1. The van der Waals surface area contributed by atoms with Crippen LogP contribution in [0, 0.1) is 18.8 Å². The van der Waals surface area contributed by atoms with Gasteiger partial charge in [-0.3, -0.25) is 24.6 Å². The van der Waals surface area contributed by atoms with Crippen molar-refractivity contribution < 1.29 is 19.1 Å². The minimum Gasteiger partial charge on any atom is -0.385 e. The molecule has 3 amide bonds. The number of likely N-dealkylation sites (tertiary alicyclic amines) is 1. The van der Waals surface area contributed by atoms with Gasteiger partial charge in [-0.15, -0.1) is 0 Å². The predicted molar refractivity (Wildman–Crippen MR) is 119 cm³/mol. The molecule has 0 aliphatic carbocycles. The molecule has 0 bridgehead atoms. The van der Waals surface area contributed by atoms with Crippen LogP contribution in [0.4, 0.5) is 5.69 Å². The number of amides is 3. The minimum atomic E-state index is -1.24. The summed E-state index contributed by atoms with van der Waals surface area (Å²) >= 11 is 0. The second-order valence-electron chi connectivity index (χ2n) is 8.88. The molecule has 3 aliphatic heterocycles. The normalized spacial score (nSPS) is 28.4. The molecule has 5 rings (SSSR count). The molecule has 0 radical (unpaired) electrons. The molecule has 2 fully saturated rings. The molecule has 0 saturated carbocycles. The maximum atomic E-state index is 13.6. The van der Waals surface area contributed by atoms with Crippen LogP contribution in [0.5, 0.6) is 0 Å². The van der Waals surface area contributed by atoms with E-state index in [2.05, 4.69) is 10.6 Å². The van der Waals surface area contributed by atoms with Crippen molar-refractivity contribution in [3.8, 4) is 0 Å². The van der Waals surface area contributed by atoms with Gasteiger partial charge in [0.1, 0.15) is 5.54 Å². The van der Waals surface area contributed by atoms with Crippen LogP contribution >= 0.6 is 0 Å². The highest BCUT2D eigenvalue weighted by atomic mass is 16.5. The summed E-state index contributed by atoms with van der Waals surface area (Å²) in [7, 11) is 1.60.